The molecular formula is C23H40ClNO5. The minimum Gasteiger partial charge on any atom is -0.481 e. The maximum Gasteiger partial charge on any atom is 0.306 e. The summed E-state index contributed by atoms with van der Waals surface area (Å²) >= 11 is 5.54. The van der Waals surface area contributed by atoms with Gasteiger partial charge < -0.3 is 19.5 Å². The van der Waals surface area contributed by atoms with Crippen LogP contribution in [0.5, 0.6) is 0 Å². The Hall–Kier alpha value is -1.63. The summed E-state index contributed by atoms with van der Waals surface area (Å²) in [4.78, 5) is 24.6. The molecular weight excluding hydrogens is 406 g/mol. The highest BCUT2D eigenvalue weighted by atomic mass is 35.5. The molecule has 0 radical (unpaired) electrons. The summed E-state index contributed by atoms with van der Waals surface area (Å²) < 4.78 is 10.6. The summed E-state index contributed by atoms with van der Waals surface area (Å²) in [6, 6.07) is 9.44. The number of carboxylic acids is 1. The molecule has 1 heterocycles. The first-order valence-corrected chi connectivity index (χ1v) is 10.5. The monoisotopic (exact) mass is 445 g/mol. The van der Waals surface area contributed by atoms with E-state index in [1.807, 2.05) is 30.3 Å². The Bertz CT molecular complexity index is 572. The van der Waals surface area contributed by atoms with Crippen LogP contribution in [0.15, 0.2) is 30.3 Å². The van der Waals surface area contributed by atoms with Gasteiger partial charge in [0.1, 0.15) is 6.10 Å². The molecule has 1 aromatic rings. The van der Waals surface area contributed by atoms with E-state index in [-0.39, 0.29) is 19.8 Å². The highest BCUT2D eigenvalue weighted by Gasteiger charge is 2.33. The van der Waals surface area contributed by atoms with E-state index in [1.165, 1.54) is 20.0 Å². The van der Waals surface area contributed by atoms with Crippen LogP contribution in [0.3, 0.4) is 0 Å². The van der Waals surface area contributed by atoms with Crippen molar-refractivity contribution < 1.29 is 24.2 Å². The summed E-state index contributed by atoms with van der Waals surface area (Å²) in [5.74, 6) is -2.30. The van der Waals surface area contributed by atoms with Gasteiger partial charge in [-0.2, -0.15) is 0 Å². The molecule has 1 atom stereocenters. The third-order valence-electron chi connectivity index (χ3n) is 4.20. The molecule has 174 valence electrons. The van der Waals surface area contributed by atoms with Crippen LogP contribution in [0.2, 0.25) is 5.02 Å². The number of aliphatic carboxylic acids is 1. The molecule has 1 aliphatic rings. The first-order valence-electron chi connectivity index (χ1n) is 10.1. The van der Waals surface area contributed by atoms with Gasteiger partial charge in [-0.25, -0.2) is 0 Å². The molecule has 7 heteroatoms. The number of amides is 1. The summed E-state index contributed by atoms with van der Waals surface area (Å²) in [7, 11) is 1.46. The Labute approximate surface area is 187 Å². The normalized spacial score (nSPS) is 13.7. The number of carbonyl (C=O) groups excluding carboxylic acids is 1. The van der Waals surface area contributed by atoms with Crippen molar-refractivity contribution in [2.24, 2.45) is 0 Å². The zero-order chi connectivity index (χ0) is 22.3. The number of carbonyl (C=O) groups is 2. The number of unbranched alkanes of at least 4 members (excludes halogenated alkanes) is 1. The number of rotatable bonds is 7. The van der Waals surface area contributed by atoms with Gasteiger partial charge in [0.2, 0.25) is 0 Å². The number of hydrogen-bond donors (Lipinski definition) is 1. The van der Waals surface area contributed by atoms with Gasteiger partial charge in [-0.05, 0) is 38.8 Å². The molecule has 1 unspecified atom stereocenters. The number of methoxy groups -OCH3 is 1. The quantitative estimate of drug-likeness (QED) is 0.550. The molecule has 1 saturated heterocycles. The van der Waals surface area contributed by atoms with Crippen molar-refractivity contribution in [3.05, 3.63) is 35.4 Å². The second-order valence-electron chi connectivity index (χ2n) is 7.14. The van der Waals surface area contributed by atoms with Crippen molar-refractivity contribution in [1.82, 2.24) is 4.90 Å². The van der Waals surface area contributed by atoms with Crippen LogP contribution in [0, 0.1) is 0 Å². The number of benzene rings is 1. The van der Waals surface area contributed by atoms with Crippen molar-refractivity contribution in [3.63, 3.8) is 0 Å². The minimum atomic E-state index is -1.06. The molecule has 1 amide bonds. The van der Waals surface area contributed by atoms with Gasteiger partial charge in [-0.15, -0.1) is 0 Å². The number of ether oxygens (including phenoxy) is 2. The Kier molecular flexibility index (Phi) is 17.4. The van der Waals surface area contributed by atoms with E-state index in [2.05, 4.69) is 13.8 Å². The fourth-order valence-electron chi connectivity index (χ4n) is 2.28. The summed E-state index contributed by atoms with van der Waals surface area (Å²) in [5.41, 5.74) is 0. The van der Waals surface area contributed by atoms with Crippen LogP contribution in [0.25, 0.3) is 0 Å². The topological polar surface area (TPSA) is 76.1 Å². The molecule has 0 bridgehead atoms. The molecule has 1 aromatic carbocycles. The number of carboxylic acid groups (broad SMARTS) is 1. The van der Waals surface area contributed by atoms with Gasteiger partial charge in [0.25, 0.3) is 5.91 Å². The van der Waals surface area contributed by atoms with Gasteiger partial charge in [-0.3, -0.25) is 9.59 Å². The lowest BCUT2D eigenvalue weighted by atomic mass is 10.2. The molecule has 1 aliphatic heterocycles. The molecule has 0 aliphatic carbocycles. The molecule has 6 nitrogen and oxygen atoms in total. The largest absolute Gasteiger partial charge is 0.481 e. The number of likely N-dealkylation sites (tertiary alicyclic amines) is 1. The summed E-state index contributed by atoms with van der Waals surface area (Å²) in [6.07, 6.45) is 3.22. The van der Waals surface area contributed by atoms with Crippen molar-refractivity contribution >= 4 is 23.5 Å². The summed E-state index contributed by atoms with van der Waals surface area (Å²) in [6.45, 7) is 9.01. The third-order valence-corrected chi connectivity index (χ3v) is 4.46. The third kappa shape index (κ3) is 14.4. The molecule has 1 fully saturated rings. The van der Waals surface area contributed by atoms with Gasteiger partial charge >= 0.3 is 5.97 Å². The van der Waals surface area contributed by atoms with Crippen LogP contribution in [-0.4, -0.2) is 54.0 Å². The Balaban J connectivity index is 0. The highest BCUT2D eigenvalue weighted by molar-refractivity contribution is 6.30. The minimum absolute atomic E-state index is 0. The van der Waals surface area contributed by atoms with Crippen molar-refractivity contribution in [3.8, 4) is 0 Å². The Morgan fingerprint density at radius 2 is 1.63 bits per heavy atom. The Morgan fingerprint density at radius 3 is 1.97 bits per heavy atom. The molecule has 30 heavy (non-hydrogen) atoms. The summed E-state index contributed by atoms with van der Waals surface area (Å²) in [5, 5.41) is 9.65. The standard InChI is InChI=1S/C12H21NO5.C6H5Cl.C4H10.CH4/c1-12(2,17-3)18-9(8-10(14)15)11(16)13-6-4-5-7-13;7-6-4-2-1-3-5-6;1-3-4-2;/h9H,4-8H2,1-3H3,(H,14,15);1-5H;3-4H2,1-2H3;1H4. The molecule has 0 saturated carbocycles. The van der Waals surface area contributed by atoms with E-state index in [9.17, 15) is 9.59 Å². The van der Waals surface area contributed by atoms with E-state index in [0.717, 1.165) is 17.9 Å². The van der Waals surface area contributed by atoms with Crippen LogP contribution >= 0.6 is 11.6 Å². The van der Waals surface area contributed by atoms with E-state index in [1.54, 1.807) is 18.7 Å². The predicted molar refractivity (Wildman–Crippen MR) is 123 cm³/mol. The fourth-order valence-corrected chi connectivity index (χ4v) is 2.43. The van der Waals surface area contributed by atoms with E-state index >= 15 is 0 Å². The number of nitrogens with zero attached hydrogens (tertiary/aromatic N) is 1. The predicted octanol–water partition coefficient (Wildman–Crippen LogP) is 5.63. The van der Waals surface area contributed by atoms with Gasteiger partial charge in [0.05, 0.1) is 6.42 Å². The van der Waals surface area contributed by atoms with E-state index in [4.69, 9.17) is 26.2 Å². The zero-order valence-corrected chi connectivity index (χ0v) is 19.1. The van der Waals surface area contributed by atoms with Crippen LogP contribution in [0.1, 0.15) is 67.2 Å². The first kappa shape index (κ1) is 30.6. The fraction of sp³-hybridized carbons (Fsp3) is 0.652. The Morgan fingerprint density at radius 1 is 1.13 bits per heavy atom. The lowest BCUT2D eigenvalue weighted by Gasteiger charge is -2.30. The SMILES string of the molecule is C.CCCC.COC(C)(C)OC(CC(=O)O)C(=O)N1CCCC1.Clc1ccccc1. The van der Waals surface area contributed by atoms with Gasteiger partial charge in [0, 0.05) is 25.2 Å². The lowest BCUT2D eigenvalue weighted by Crippen LogP contribution is -2.44. The van der Waals surface area contributed by atoms with E-state index < -0.39 is 17.9 Å². The maximum absolute atomic E-state index is 12.2. The van der Waals surface area contributed by atoms with Crippen LogP contribution in [-0.2, 0) is 19.1 Å². The maximum atomic E-state index is 12.2. The molecule has 2 rings (SSSR count). The van der Waals surface area contributed by atoms with Crippen molar-refractivity contribution in [2.45, 2.75) is 79.1 Å². The second-order valence-corrected chi connectivity index (χ2v) is 7.57. The lowest BCUT2D eigenvalue weighted by molar-refractivity contribution is -0.227. The number of halogens is 1. The van der Waals surface area contributed by atoms with Crippen LogP contribution < -0.4 is 0 Å². The van der Waals surface area contributed by atoms with E-state index in [0.29, 0.717) is 13.1 Å². The zero-order valence-electron chi connectivity index (χ0n) is 18.3. The first-order chi connectivity index (χ1) is 13.7. The average molecular weight is 446 g/mol. The highest BCUT2D eigenvalue weighted by Crippen LogP contribution is 2.19. The smallest absolute Gasteiger partial charge is 0.306 e. The molecule has 0 aromatic heterocycles. The van der Waals surface area contributed by atoms with Gasteiger partial charge in [0.15, 0.2) is 5.79 Å². The molecule has 0 spiro atoms. The average Bonchev–Trinajstić information content (AvgIpc) is 3.22. The van der Waals surface area contributed by atoms with Gasteiger partial charge in [-0.1, -0.05) is 63.9 Å². The van der Waals surface area contributed by atoms with Crippen molar-refractivity contribution in [1.29, 1.82) is 0 Å². The van der Waals surface area contributed by atoms with Crippen LogP contribution in [0.4, 0.5) is 0 Å². The number of hydrogen-bond acceptors (Lipinski definition) is 4. The molecule has 1 N–H and O–H groups in total. The second kappa shape index (κ2) is 17.1. The van der Waals surface area contributed by atoms with Crippen molar-refractivity contribution in [2.75, 3.05) is 20.2 Å².